The van der Waals surface area contributed by atoms with Crippen molar-refractivity contribution in [2.45, 2.75) is 51.7 Å². The number of ether oxygens (including phenoxy) is 1. The third-order valence-corrected chi connectivity index (χ3v) is 4.17. The van der Waals surface area contributed by atoms with Crippen LogP contribution in [0, 0.1) is 16.0 Å². The van der Waals surface area contributed by atoms with Crippen LogP contribution < -0.4 is 0 Å². The molecule has 1 aliphatic heterocycles. The van der Waals surface area contributed by atoms with Crippen molar-refractivity contribution in [3.8, 4) is 0 Å². The summed E-state index contributed by atoms with van der Waals surface area (Å²) in [5.41, 5.74) is 0.122. The van der Waals surface area contributed by atoms with Gasteiger partial charge in [-0.05, 0) is 45.6 Å². The van der Waals surface area contributed by atoms with Crippen molar-refractivity contribution < 1.29 is 19.2 Å². The Hall–Kier alpha value is -2.70. The molecule has 0 aromatic heterocycles. The molecule has 0 aliphatic carbocycles. The van der Waals surface area contributed by atoms with Gasteiger partial charge in [0.2, 0.25) is 5.91 Å². The Balaban J connectivity index is 2.21. The fraction of sp³-hybridized carbons (Fsp3) is 0.474. The molecule has 0 bridgehead atoms. The largest absolute Gasteiger partial charge is 0.443 e. The number of hydrogen-bond acceptors (Lipinski definition) is 5. The van der Waals surface area contributed by atoms with E-state index in [4.69, 9.17) is 4.74 Å². The van der Waals surface area contributed by atoms with Crippen molar-refractivity contribution in [3.05, 3.63) is 52.6 Å². The molecule has 2 amide bonds. The number of carbonyl (C=O) groups is 2. The number of benzene rings is 1. The zero-order valence-corrected chi connectivity index (χ0v) is 15.3. The van der Waals surface area contributed by atoms with Gasteiger partial charge in [-0.15, -0.1) is 6.58 Å². The molecule has 7 nitrogen and oxygen atoms in total. The summed E-state index contributed by atoms with van der Waals surface area (Å²) >= 11 is 0. The highest BCUT2D eigenvalue weighted by Crippen LogP contribution is 2.31. The number of imide groups is 1. The van der Waals surface area contributed by atoms with Crippen molar-refractivity contribution >= 4 is 17.7 Å². The second-order valence-corrected chi connectivity index (χ2v) is 7.43. The lowest BCUT2D eigenvalue weighted by molar-refractivity contribution is -0.384. The Morgan fingerprint density at radius 2 is 2.00 bits per heavy atom. The van der Waals surface area contributed by atoms with Crippen molar-refractivity contribution in [2.75, 3.05) is 0 Å². The average molecular weight is 360 g/mol. The number of allylic oxidation sites excluding steroid dienone is 1. The van der Waals surface area contributed by atoms with Crippen LogP contribution in [0.1, 0.15) is 39.2 Å². The lowest BCUT2D eigenvalue weighted by Crippen LogP contribution is -2.43. The van der Waals surface area contributed by atoms with Gasteiger partial charge in [0, 0.05) is 24.1 Å². The van der Waals surface area contributed by atoms with Crippen LogP contribution in [0.2, 0.25) is 0 Å². The molecule has 7 heteroatoms. The first-order valence-electron chi connectivity index (χ1n) is 8.52. The van der Waals surface area contributed by atoms with E-state index in [1.54, 1.807) is 39.0 Å². The molecule has 0 spiro atoms. The topological polar surface area (TPSA) is 89.8 Å². The number of non-ortho nitro benzene ring substituents is 1. The first-order chi connectivity index (χ1) is 12.1. The van der Waals surface area contributed by atoms with Gasteiger partial charge in [-0.1, -0.05) is 18.2 Å². The highest BCUT2D eigenvalue weighted by molar-refractivity contribution is 5.95. The second-order valence-electron chi connectivity index (χ2n) is 7.43. The number of nitrogens with zero attached hydrogens (tertiary/aromatic N) is 2. The third kappa shape index (κ3) is 4.68. The zero-order chi connectivity index (χ0) is 19.5. The van der Waals surface area contributed by atoms with Crippen LogP contribution in [-0.4, -0.2) is 33.5 Å². The Bertz CT molecular complexity index is 706. The lowest BCUT2D eigenvalue weighted by Gasteiger charge is -2.27. The number of carbonyl (C=O) groups excluding carboxylic acids is 2. The average Bonchev–Trinajstić information content (AvgIpc) is 2.82. The Kier molecular flexibility index (Phi) is 5.79. The number of hydrogen-bond donors (Lipinski definition) is 0. The van der Waals surface area contributed by atoms with Crippen LogP contribution in [0.15, 0.2) is 36.9 Å². The Morgan fingerprint density at radius 1 is 1.38 bits per heavy atom. The van der Waals surface area contributed by atoms with Crippen LogP contribution >= 0.6 is 0 Å². The zero-order valence-electron chi connectivity index (χ0n) is 15.3. The summed E-state index contributed by atoms with van der Waals surface area (Å²) in [6.45, 7) is 8.92. The quantitative estimate of drug-likeness (QED) is 0.452. The fourth-order valence-corrected chi connectivity index (χ4v) is 3.06. The smallest absolute Gasteiger partial charge is 0.417 e. The molecule has 1 aromatic rings. The van der Waals surface area contributed by atoms with Gasteiger partial charge in [0.25, 0.3) is 5.69 Å². The van der Waals surface area contributed by atoms with Gasteiger partial charge in [0.15, 0.2) is 0 Å². The molecular weight excluding hydrogens is 336 g/mol. The van der Waals surface area contributed by atoms with E-state index in [1.807, 2.05) is 0 Å². The number of likely N-dealkylation sites (tertiary alicyclic amines) is 1. The van der Waals surface area contributed by atoms with E-state index >= 15 is 0 Å². The minimum Gasteiger partial charge on any atom is -0.443 e. The maximum atomic E-state index is 12.7. The molecule has 1 saturated heterocycles. The van der Waals surface area contributed by atoms with Crippen molar-refractivity contribution in [1.29, 1.82) is 0 Å². The van der Waals surface area contributed by atoms with E-state index in [0.717, 1.165) is 5.56 Å². The predicted molar refractivity (Wildman–Crippen MR) is 96.6 cm³/mol. The number of rotatable bonds is 5. The first-order valence-corrected chi connectivity index (χ1v) is 8.52. The molecule has 0 unspecified atom stereocenters. The van der Waals surface area contributed by atoms with Crippen LogP contribution in [0.5, 0.6) is 0 Å². The number of amides is 2. The van der Waals surface area contributed by atoms with Crippen LogP contribution in [0.3, 0.4) is 0 Å². The molecule has 26 heavy (non-hydrogen) atoms. The van der Waals surface area contributed by atoms with Crippen LogP contribution in [0.4, 0.5) is 10.5 Å². The molecule has 1 aromatic carbocycles. The molecule has 1 fully saturated rings. The van der Waals surface area contributed by atoms with Gasteiger partial charge in [0.05, 0.1) is 4.92 Å². The SMILES string of the molecule is C=CC[C@H]1C[C@H](Cc2ccc([N+](=O)[O-])cc2)N(C(=O)OC(C)(C)C)C1=O. The van der Waals surface area contributed by atoms with Gasteiger partial charge < -0.3 is 4.74 Å². The van der Waals surface area contributed by atoms with Crippen LogP contribution in [0.25, 0.3) is 0 Å². The summed E-state index contributed by atoms with van der Waals surface area (Å²) in [5.74, 6) is -0.561. The van der Waals surface area contributed by atoms with Crippen molar-refractivity contribution in [2.24, 2.45) is 5.92 Å². The van der Waals surface area contributed by atoms with E-state index in [9.17, 15) is 19.7 Å². The summed E-state index contributed by atoms with van der Waals surface area (Å²) in [7, 11) is 0. The maximum Gasteiger partial charge on any atom is 0.417 e. The van der Waals surface area contributed by atoms with E-state index in [0.29, 0.717) is 19.3 Å². The van der Waals surface area contributed by atoms with Crippen LogP contribution in [-0.2, 0) is 16.0 Å². The van der Waals surface area contributed by atoms with Gasteiger partial charge in [-0.3, -0.25) is 14.9 Å². The molecular formula is C19H24N2O5. The van der Waals surface area contributed by atoms with E-state index in [1.165, 1.54) is 17.0 Å². The first kappa shape index (κ1) is 19.6. The number of nitro groups is 1. The molecule has 1 aliphatic rings. The molecule has 2 atom stereocenters. The van der Waals surface area contributed by atoms with E-state index < -0.39 is 16.6 Å². The molecule has 0 N–H and O–H groups in total. The monoisotopic (exact) mass is 360 g/mol. The van der Waals surface area contributed by atoms with E-state index in [-0.39, 0.29) is 23.6 Å². The third-order valence-electron chi connectivity index (χ3n) is 4.17. The summed E-state index contributed by atoms with van der Waals surface area (Å²) in [4.78, 5) is 36.7. The predicted octanol–water partition coefficient (Wildman–Crippen LogP) is 3.87. The second kappa shape index (κ2) is 7.68. The van der Waals surface area contributed by atoms with Crippen molar-refractivity contribution in [1.82, 2.24) is 4.90 Å². The normalized spacial score (nSPS) is 20.1. The molecule has 0 saturated carbocycles. The number of nitro benzene ring substituents is 1. The highest BCUT2D eigenvalue weighted by atomic mass is 16.6. The Morgan fingerprint density at radius 3 is 2.50 bits per heavy atom. The summed E-state index contributed by atoms with van der Waals surface area (Å²) in [6.07, 6.45) is 2.46. The molecule has 0 radical (unpaired) electrons. The fourth-order valence-electron chi connectivity index (χ4n) is 3.06. The maximum absolute atomic E-state index is 12.7. The van der Waals surface area contributed by atoms with Gasteiger partial charge in [-0.2, -0.15) is 0 Å². The summed E-state index contributed by atoms with van der Waals surface area (Å²) < 4.78 is 5.39. The highest BCUT2D eigenvalue weighted by Gasteiger charge is 2.44. The summed E-state index contributed by atoms with van der Waals surface area (Å²) in [6, 6.07) is 5.80. The lowest BCUT2D eigenvalue weighted by atomic mass is 9.97. The Labute approximate surface area is 152 Å². The molecule has 140 valence electrons. The summed E-state index contributed by atoms with van der Waals surface area (Å²) in [5, 5.41) is 10.8. The van der Waals surface area contributed by atoms with Gasteiger partial charge in [0.1, 0.15) is 5.60 Å². The van der Waals surface area contributed by atoms with Crippen molar-refractivity contribution in [3.63, 3.8) is 0 Å². The van der Waals surface area contributed by atoms with Gasteiger partial charge >= 0.3 is 6.09 Å². The van der Waals surface area contributed by atoms with Gasteiger partial charge in [-0.25, -0.2) is 9.69 Å². The minimum atomic E-state index is -0.703. The molecule has 2 rings (SSSR count). The molecule has 1 heterocycles. The van der Waals surface area contributed by atoms with E-state index in [2.05, 4.69) is 6.58 Å². The minimum absolute atomic E-state index is 0.00443. The standard InChI is InChI=1S/C19H24N2O5/c1-5-6-14-12-16(11-13-7-9-15(10-8-13)21(24)25)20(17(14)22)18(23)26-19(2,3)4/h5,7-10,14,16H,1,6,11-12H2,2-4H3/t14-,16-/m0/s1.